The summed E-state index contributed by atoms with van der Waals surface area (Å²) in [7, 11) is 4.02. The molecule has 3 heterocycles. The number of aryl methyl sites for hydroxylation is 1. The predicted octanol–water partition coefficient (Wildman–Crippen LogP) is 5.93. The van der Waals surface area contributed by atoms with Gasteiger partial charge < -0.3 is 24.3 Å². The van der Waals surface area contributed by atoms with Crippen LogP contribution in [0.1, 0.15) is 11.1 Å². The fourth-order valence-electron chi connectivity index (χ4n) is 4.62. The molecule has 0 radical (unpaired) electrons. The third-order valence-corrected chi connectivity index (χ3v) is 6.73. The molecule has 7 nitrogen and oxygen atoms in total. The highest BCUT2D eigenvalue weighted by atomic mass is 35.5. The van der Waals surface area contributed by atoms with E-state index < -0.39 is 0 Å². The molecule has 0 spiro atoms. The van der Waals surface area contributed by atoms with E-state index in [1.165, 1.54) is 0 Å². The maximum absolute atomic E-state index is 11.0. The van der Waals surface area contributed by atoms with Gasteiger partial charge in [0, 0.05) is 48.0 Å². The molecule has 5 aromatic rings. The molecule has 1 aliphatic rings. The number of benzene rings is 3. The molecule has 2 aromatic heterocycles. The number of nitrogens with zero attached hydrogens (tertiary/aromatic N) is 4. The van der Waals surface area contributed by atoms with Gasteiger partial charge in [-0.15, -0.1) is 0 Å². The fraction of sp³-hybridized carbons (Fsp3) is 0.143. The van der Waals surface area contributed by atoms with Gasteiger partial charge in [0.1, 0.15) is 18.2 Å². The van der Waals surface area contributed by atoms with Crippen LogP contribution in [0.15, 0.2) is 78.0 Å². The minimum absolute atomic E-state index is 0.0337. The Morgan fingerprint density at radius 3 is 2.69 bits per heavy atom. The number of rotatable bonds is 4. The van der Waals surface area contributed by atoms with Crippen LogP contribution in [0, 0.1) is 0 Å². The summed E-state index contributed by atoms with van der Waals surface area (Å²) < 4.78 is 7.94. The van der Waals surface area contributed by atoms with Crippen molar-refractivity contribution in [3.05, 3.63) is 89.2 Å². The smallest absolute Gasteiger partial charge is 0.199 e. The second kappa shape index (κ2) is 8.77. The van der Waals surface area contributed by atoms with Gasteiger partial charge in [-0.05, 0) is 48.5 Å². The van der Waals surface area contributed by atoms with Gasteiger partial charge in [-0.25, -0.2) is 9.98 Å². The number of hydrogen-bond donors (Lipinski definition) is 2. The first-order chi connectivity index (χ1) is 17.5. The van der Waals surface area contributed by atoms with Crippen LogP contribution in [-0.2, 0) is 7.05 Å². The van der Waals surface area contributed by atoms with Gasteiger partial charge in [0.25, 0.3) is 0 Å². The van der Waals surface area contributed by atoms with Crippen molar-refractivity contribution in [2.45, 2.75) is 0 Å². The first-order valence-electron chi connectivity index (χ1n) is 11.6. The van der Waals surface area contributed by atoms with Crippen LogP contribution < -0.4 is 9.64 Å². The summed E-state index contributed by atoms with van der Waals surface area (Å²) in [6.45, 7) is 1.45. The summed E-state index contributed by atoms with van der Waals surface area (Å²) in [6.07, 6.45) is 3.70. The van der Waals surface area contributed by atoms with E-state index in [0.717, 1.165) is 51.5 Å². The molecule has 0 amide bonds. The van der Waals surface area contributed by atoms with Gasteiger partial charge in [-0.2, -0.15) is 0 Å². The van der Waals surface area contributed by atoms with Crippen molar-refractivity contribution in [3.8, 4) is 23.0 Å². The van der Waals surface area contributed by atoms with Crippen LogP contribution >= 0.6 is 11.6 Å². The SMILES string of the molecule is CN1CCOc2cc(C(=Nc3ccc(-c4nccn4C)cc3)c3c(O)[nH]c4cc(Cl)ccc34)ccc21. The molecular formula is C28H24ClN5O2. The van der Waals surface area contributed by atoms with E-state index >= 15 is 0 Å². The van der Waals surface area contributed by atoms with E-state index in [-0.39, 0.29) is 5.88 Å². The molecule has 36 heavy (non-hydrogen) atoms. The average molecular weight is 498 g/mol. The Balaban J connectivity index is 1.51. The van der Waals surface area contributed by atoms with Crippen LogP contribution in [0.5, 0.6) is 11.6 Å². The highest BCUT2D eigenvalue weighted by Gasteiger charge is 2.22. The van der Waals surface area contributed by atoms with Crippen LogP contribution in [0.25, 0.3) is 22.3 Å². The van der Waals surface area contributed by atoms with Gasteiger partial charge >= 0.3 is 0 Å². The number of aromatic hydroxyl groups is 1. The summed E-state index contributed by atoms with van der Waals surface area (Å²) in [6, 6.07) is 19.4. The second-order valence-electron chi connectivity index (χ2n) is 8.86. The lowest BCUT2D eigenvalue weighted by atomic mass is 9.99. The predicted molar refractivity (Wildman–Crippen MR) is 144 cm³/mol. The highest BCUT2D eigenvalue weighted by molar-refractivity contribution is 6.31. The van der Waals surface area contributed by atoms with Crippen molar-refractivity contribution in [1.29, 1.82) is 0 Å². The molecule has 6 rings (SSSR count). The highest BCUT2D eigenvalue weighted by Crippen LogP contribution is 2.36. The summed E-state index contributed by atoms with van der Waals surface area (Å²) in [4.78, 5) is 14.7. The largest absolute Gasteiger partial charge is 0.494 e. The molecule has 0 unspecified atom stereocenters. The maximum Gasteiger partial charge on any atom is 0.199 e. The lowest BCUT2D eigenvalue weighted by Crippen LogP contribution is -2.28. The zero-order chi connectivity index (χ0) is 24.8. The molecule has 0 saturated carbocycles. The quantitative estimate of drug-likeness (QED) is 0.302. The van der Waals surface area contributed by atoms with E-state index in [4.69, 9.17) is 21.3 Å². The van der Waals surface area contributed by atoms with Crippen molar-refractivity contribution in [3.63, 3.8) is 0 Å². The molecule has 0 bridgehead atoms. The van der Waals surface area contributed by atoms with Gasteiger partial charge in [-0.1, -0.05) is 23.7 Å². The molecule has 0 aliphatic carbocycles. The first-order valence-corrected chi connectivity index (χ1v) is 12.0. The number of likely N-dealkylation sites (N-methyl/N-ethyl adjacent to an activating group) is 1. The molecule has 1 aliphatic heterocycles. The third kappa shape index (κ3) is 3.87. The molecule has 8 heteroatoms. The van der Waals surface area contributed by atoms with E-state index in [1.807, 2.05) is 72.4 Å². The van der Waals surface area contributed by atoms with Gasteiger partial charge in [0.2, 0.25) is 0 Å². The number of aromatic amines is 1. The number of hydrogen-bond acceptors (Lipinski definition) is 5. The zero-order valence-corrected chi connectivity index (χ0v) is 20.6. The number of aromatic nitrogens is 3. The van der Waals surface area contributed by atoms with Crippen LogP contribution in [0.4, 0.5) is 11.4 Å². The Morgan fingerprint density at radius 1 is 1.08 bits per heavy atom. The Hall–Kier alpha value is -4.23. The van der Waals surface area contributed by atoms with Gasteiger partial charge in [0.15, 0.2) is 5.88 Å². The van der Waals surface area contributed by atoms with E-state index in [1.54, 1.807) is 12.3 Å². The number of anilines is 1. The summed E-state index contributed by atoms with van der Waals surface area (Å²) in [5.41, 5.74) is 5.59. The standard InChI is InChI=1S/C28H24ClN5O2/c1-33-13-14-36-24-15-18(5-10-23(24)33)26(25-21-9-6-19(29)16-22(21)32-28(25)35)31-20-7-3-17(4-8-20)27-30-11-12-34(27)2/h3-12,15-16,32,35H,13-14H2,1-2H3. The fourth-order valence-corrected chi connectivity index (χ4v) is 4.80. The number of ether oxygens (including phenoxy) is 1. The average Bonchev–Trinajstić information content (AvgIpc) is 3.44. The summed E-state index contributed by atoms with van der Waals surface area (Å²) in [5.74, 6) is 1.71. The summed E-state index contributed by atoms with van der Waals surface area (Å²) >= 11 is 6.21. The summed E-state index contributed by atoms with van der Waals surface area (Å²) in [5, 5.41) is 12.4. The van der Waals surface area contributed by atoms with Crippen molar-refractivity contribution < 1.29 is 9.84 Å². The Kier molecular flexibility index (Phi) is 5.42. The van der Waals surface area contributed by atoms with E-state index in [0.29, 0.717) is 22.9 Å². The Morgan fingerprint density at radius 2 is 1.92 bits per heavy atom. The minimum Gasteiger partial charge on any atom is -0.494 e. The van der Waals surface area contributed by atoms with Gasteiger partial charge in [-0.3, -0.25) is 0 Å². The number of halogens is 1. The monoisotopic (exact) mass is 497 g/mol. The molecule has 3 aromatic carbocycles. The lowest BCUT2D eigenvalue weighted by Gasteiger charge is -2.28. The topological polar surface area (TPSA) is 78.7 Å². The lowest BCUT2D eigenvalue weighted by molar-refractivity contribution is 0.311. The Bertz CT molecular complexity index is 1620. The normalized spacial score (nSPS) is 13.6. The number of H-pyrrole nitrogens is 1. The number of aliphatic imine (C=N–C) groups is 1. The number of imidazole rings is 1. The van der Waals surface area contributed by atoms with Crippen molar-refractivity contribution in [2.75, 3.05) is 25.1 Å². The second-order valence-corrected chi connectivity index (χ2v) is 9.30. The number of fused-ring (bicyclic) bond motifs is 2. The number of nitrogens with one attached hydrogen (secondary N) is 1. The minimum atomic E-state index is 0.0337. The first kappa shape index (κ1) is 22.2. The zero-order valence-electron chi connectivity index (χ0n) is 19.9. The van der Waals surface area contributed by atoms with Crippen LogP contribution in [0.3, 0.4) is 0 Å². The third-order valence-electron chi connectivity index (χ3n) is 6.49. The maximum atomic E-state index is 11.0. The van der Waals surface area contributed by atoms with Crippen molar-refractivity contribution >= 4 is 39.6 Å². The molecule has 0 saturated heterocycles. The van der Waals surface area contributed by atoms with E-state index in [9.17, 15) is 5.11 Å². The molecule has 0 atom stereocenters. The molecule has 180 valence electrons. The molecular weight excluding hydrogens is 474 g/mol. The van der Waals surface area contributed by atoms with Crippen LogP contribution in [0.2, 0.25) is 5.02 Å². The van der Waals surface area contributed by atoms with Crippen molar-refractivity contribution in [1.82, 2.24) is 14.5 Å². The van der Waals surface area contributed by atoms with Crippen LogP contribution in [-0.4, -0.2) is 45.6 Å². The Labute approximate surface area is 213 Å². The molecule has 0 fully saturated rings. The molecule has 2 N–H and O–H groups in total. The van der Waals surface area contributed by atoms with E-state index in [2.05, 4.69) is 21.9 Å². The van der Waals surface area contributed by atoms with Gasteiger partial charge in [0.05, 0.1) is 34.7 Å². The van der Waals surface area contributed by atoms with Crippen molar-refractivity contribution in [2.24, 2.45) is 12.0 Å².